The van der Waals surface area contributed by atoms with Gasteiger partial charge in [0.05, 0.1) is 11.9 Å². The summed E-state index contributed by atoms with van der Waals surface area (Å²) in [5, 5.41) is 15.9. The molecule has 0 aliphatic rings. The van der Waals surface area contributed by atoms with Crippen molar-refractivity contribution in [2.75, 3.05) is 0 Å². The van der Waals surface area contributed by atoms with Gasteiger partial charge in [0, 0.05) is 18.3 Å². The number of aryl methyl sites for hydroxylation is 1. The second-order valence-electron chi connectivity index (χ2n) is 5.45. The van der Waals surface area contributed by atoms with Gasteiger partial charge in [-0.15, -0.1) is 5.10 Å². The third-order valence-electron chi connectivity index (χ3n) is 2.45. The van der Waals surface area contributed by atoms with Crippen LogP contribution in [0.15, 0.2) is 24.5 Å². The number of hydrogen-bond acceptors (Lipinski definition) is 4. The predicted molar refractivity (Wildman–Crippen MR) is 70.5 cm³/mol. The van der Waals surface area contributed by atoms with Crippen LogP contribution in [0.3, 0.4) is 0 Å². The first-order valence-electron chi connectivity index (χ1n) is 6.03. The van der Waals surface area contributed by atoms with Crippen LogP contribution in [0.5, 0.6) is 0 Å². The van der Waals surface area contributed by atoms with Gasteiger partial charge in [-0.2, -0.15) is 10.2 Å². The summed E-state index contributed by atoms with van der Waals surface area (Å²) in [6.07, 6.45) is 3.73. The molecule has 2 rings (SSSR count). The van der Waals surface area contributed by atoms with Crippen molar-refractivity contribution in [1.29, 1.82) is 0 Å². The van der Waals surface area contributed by atoms with Crippen LogP contribution in [-0.2, 0) is 6.54 Å². The van der Waals surface area contributed by atoms with E-state index >= 15 is 0 Å². The highest BCUT2D eigenvalue weighted by Gasteiger charge is 2.09. The monoisotopic (exact) mass is 245 g/mol. The van der Waals surface area contributed by atoms with Gasteiger partial charge in [-0.3, -0.25) is 0 Å². The molecule has 0 aliphatic carbocycles. The fourth-order valence-electron chi connectivity index (χ4n) is 1.46. The van der Waals surface area contributed by atoms with Gasteiger partial charge >= 0.3 is 0 Å². The zero-order valence-electron chi connectivity index (χ0n) is 11.3. The normalized spacial score (nSPS) is 11.8. The van der Waals surface area contributed by atoms with Crippen LogP contribution < -0.4 is 5.32 Å². The van der Waals surface area contributed by atoms with Gasteiger partial charge in [-0.05, 0) is 45.4 Å². The molecule has 0 saturated carbocycles. The number of nitrogens with zero attached hydrogens (tertiary/aromatic N) is 4. The minimum atomic E-state index is 0.0828. The highest BCUT2D eigenvalue weighted by Crippen LogP contribution is 2.06. The number of hydrogen-bond donors (Lipinski definition) is 1. The second kappa shape index (κ2) is 4.86. The van der Waals surface area contributed by atoms with Crippen molar-refractivity contribution in [3.63, 3.8) is 0 Å². The molecular formula is C13H19N5. The molecule has 0 saturated heterocycles. The molecule has 0 bridgehead atoms. The Bertz CT molecular complexity index is 507. The lowest BCUT2D eigenvalue weighted by molar-refractivity contribution is 0.420. The Morgan fingerprint density at radius 1 is 1.22 bits per heavy atom. The Morgan fingerprint density at radius 2 is 2.00 bits per heavy atom. The minimum absolute atomic E-state index is 0.0828. The lowest BCUT2D eigenvalue weighted by Gasteiger charge is -2.19. The van der Waals surface area contributed by atoms with Crippen LogP contribution in [0.2, 0.25) is 0 Å². The topological polar surface area (TPSA) is 55.6 Å². The molecule has 0 atom stereocenters. The summed E-state index contributed by atoms with van der Waals surface area (Å²) in [4.78, 5) is 0. The molecule has 0 fully saturated rings. The SMILES string of the molecule is Cc1cnn(-c2ccc(CNC(C)(C)C)nn2)c1. The van der Waals surface area contributed by atoms with E-state index in [1.165, 1.54) is 0 Å². The first kappa shape index (κ1) is 12.7. The Hall–Kier alpha value is -1.75. The van der Waals surface area contributed by atoms with Gasteiger partial charge in [0.1, 0.15) is 0 Å². The minimum Gasteiger partial charge on any atom is -0.306 e. The summed E-state index contributed by atoms with van der Waals surface area (Å²) in [5.74, 6) is 0.739. The Morgan fingerprint density at radius 3 is 2.50 bits per heavy atom. The molecule has 2 heterocycles. The van der Waals surface area contributed by atoms with E-state index in [9.17, 15) is 0 Å². The summed E-state index contributed by atoms with van der Waals surface area (Å²) >= 11 is 0. The van der Waals surface area contributed by atoms with E-state index in [-0.39, 0.29) is 5.54 Å². The maximum absolute atomic E-state index is 4.20. The summed E-state index contributed by atoms with van der Waals surface area (Å²) in [5.41, 5.74) is 2.12. The predicted octanol–water partition coefficient (Wildman–Crippen LogP) is 1.86. The van der Waals surface area contributed by atoms with Gasteiger partial charge in [-0.25, -0.2) is 4.68 Å². The smallest absolute Gasteiger partial charge is 0.175 e. The zero-order valence-corrected chi connectivity index (χ0v) is 11.3. The van der Waals surface area contributed by atoms with Crippen molar-refractivity contribution in [3.05, 3.63) is 35.8 Å². The summed E-state index contributed by atoms with van der Waals surface area (Å²) in [7, 11) is 0. The van der Waals surface area contributed by atoms with Gasteiger partial charge in [0.25, 0.3) is 0 Å². The van der Waals surface area contributed by atoms with Crippen LogP contribution in [0.4, 0.5) is 0 Å². The van der Waals surface area contributed by atoms with Gasteiger partial charge in [0.15, 0.2) is 5.82 Å². The first-order valence-corrected chi connectivity index (χ1v) is 6.03. The number of nitrogens with one attached hydrogen (secondary N) is 1. The molecule has 2 aromatic rings. The fraction of sp³-hybridized carbons (Fsp3) is 0.462. The van der Waals surface area contributed by atoms with Crippen molar-refractivity contribution in [2.45, 2.75) is 39.8 Å². The number of rotatable bonds is 3. The molecule has 2 aromatic heterocycles. The van der Waals surface area contributed by atoms with Crippen LogP contribution >= 0.6 is 0 Å². The molecule has 0 unspecified atom stereocenters. The van der Waals surface area contributed by atoms with E-state index in [4.69, 9.17) is 0 Å². The molecule has 5 heteroatoms. The van der Waals surface area contributed by atoms with Crippen molar-refractivity contribution >= 4 is 0 Å². The highest BCUT2D eigenvalue weighted by molar-refractivity contribution is 5.21. The Balaban J connectivity index is 2.06. The molecular weight excluding hydrogens is 226 g/mol. The van der Waals surface area contributed by atoms with Gasteiger partial charge in [-0.1, -0.05) is 0 Å². The molecule has 0 spiro atoms. The van der Waals surface area contributed by atoms with E-state index in [0.29, 0.717) is 0 Å². The Labute approximate surface area is 107 Å². The third-order valence-corrected chi connectivity index (χ3v) is 2.45. The highest BCUT2D eigenvalue weighted by atomic mass is 15.3. The lowest BCUT2D eigenvalue weighted by Crippen LogP contribution is -2.35. The fourth-order valence-corrected chi connectivity index (χ4v) is 1.46. The lowest BCUT2D eigenvalue weighted by atomic mass is 10.1. The summed E-state index contributed by atoms with van der Waals surface area (Å²) in [6.45, 7) is 9.09. The molecule has 96 valence electrons. The van der Waals surface area contributed by atoms with E-state index in [1.54, 1.807) is 10.9 Å². The largest absolute Gasteiger partial charge is 0.306 e. The average Bonchev–Trinajstić information content (AvgIpc) is 2.73. The average molecular weight is 245 g/mol. The Kier molecular flexibility index (Phi) is 3.43. The summed E-state index contributed by atoms with van der Waals surface area (Å²) in [6, 6.07) is 3.90. The molecule has 0 aliphatic heterocycles. The van der Waals surface area contributed by atoms with Crippen molar-refractivity contribution < 1.29 is 0 Å². The molecule has 5 nitrogen and oxygen atoms in total. The van der Waals surface area contributed by atoms with Crippen molar-refractivity contribution in [2.24, 2.45) is 0 Å². The molecule has 0 aromatic carbocycles. The van der Waals surface area contributed by atoms with Crippen LogP contribution in [0.25, 0.3) is 5.82 Å². The van der Waals surface area contributed by atoms with Crippen LogP contribution in [-0.4, -0.2) is 25.5 Å². The van der Waals surface area contributed by atoms with Crippen molar-refractivity contribution in [3.8, 4) is 5.82 Å². The maximum Gasteiger partial charge on any atom is 0.175 e. The van der Waals surface area contributed by atoms with E-state index in [1.807, 2.05) is 25.3 Å². The van der Waals surface area contributed by atoms with Crippen LogP contribution in [0.1, 0.15) is 32.0 Å². The summed E-state index contributed by atoms with van der Waals surface area (Å²) < 4.78 is 1.73. The van der Waals surface area contributed by atoms with E-state index < -0.39 is 0 Å². The van der Waals surface area contributed by atoms with Crippen molar-refractivity contribution in [1.82, 2.24) is 25.3 Å². The molecule has 1 N–H and O–H groups in total. The first-order chi connectivity index (χ1) is 8.44. The standard InChI is InChI=1S/C13H19N5/c1-10-7-15-18(9-10)12-6-5-11(16-17-12)8-14-13(2,3)4/h5-7,9,14H,8H2,1-4H3. The second-order valence-corrected chi connectivity index (χ2v) is 5.45. The quantitative estimate of drug-likeness (QED) is 0.896. The van der Waals surface area contributed by atoms with E-state index in [0.717, 1.165) is 23.6 Å². The molecule has 0 radical (unpaired) electrons. The number of aromatic nitrogens is 4. The maximum atomic E-state index is 4.20. The molecule has 0 amide bonds. The van der Waals surface area contributed by atoms with E-state index in [2.05, 4.69) is 41.4 Å². The van der Waals surface area contributed by atoms with Crippen LogP contribution in [0, 0.1) is 6.92 Å². The third kappa shape index (κ3) is 3.37. The van der Waals surface area contributed by atoms with Gasteiger partial charge < -0.3 is 5.32 Å². The zero-order chi connectivity index (χ0) is 13.2. The van der Waals surface area contributed by atoms with Gasteiger partial charge in [0.2, 0.25) is 0 Å². The molecule has 18 heavy (non-hydrogen) atoms.